The zero-order valence-corrected chi connectivity index (χ0v) is 12.2. The molecule has 0 aromatic carbocycles. The van der Waals surface area contributed by atoms with Gasteiger partial charge in [-0.05, 0) is 32.1 Å². The van der Waals surface area contributed by atoms with E-state index >= 15 is 0 Å². The zero-order valence-electron chi connectivity index (χ0n) is 12.2. The first-order valence-corrected chi connectivity index (χ1v) is 8.17. The Labute approximate surface area is 124 Å². The number of rotatable bonds is 2. The van der Waals surface area contributed by atoms with Gasteiger partial charge in [0, 0.05) is 37.5 Å². The predicted molar refractivity (Wildman–Crippen MR) is 75.9 cm³/mol. The highest BCUT2D eigenvalue weighted by Crippen LogP contribution is 2.54. The number of likely N-dealkylation sites (tertiary alicyclic amines) is 2. The van der Waals surface area contributed by atoms with Crippen molar-refractivity contribution in [3.63, 3.8) is 0 Å². The van der Waals surface area contributed by atoms with E-state index in [2.05, 4.69) is 14.8 Å². The molecule has 1 aromatic heterocycles. The number of amides is 2. The molecule has 6 nitrogen and oxygen atoms in total. The number of aromatic nitrogens is 3. The molecule has 6 heteroatoms. The molecule has 0 N–H and O–H groups in total. The van der Waals surface area contributed by atoms with E-state index < -0.39 is 0 Å². The zero-order chi connectivity index (χ0) is 14.0. The first-order chi connectivity index (χ1) is 10.2. The van der Waals surface area contributed by atoms with Gasteiger partial charge in [0.05, 0.1) is 6.04 Å². The molecule has 2 saturated heterocycles. The molecule has 0 unspecified atom stereocenters. The van der Waals surface area contributed by atoms with Gasteiger partial charge < -0.3 is 9.80 Å². The summed E-state index contributed by atoms with van der Waals surface area (Å²) in [5.41, 5.74) is 0.386. The van der Waals surface area contributed by atoms with Crippen LogP contribution < -0.4 is 0 Å². The quantitative estimate of drug-likeness (QED) is 0.830. The van der Waals surface area contributed by atoms with E-state index in [9.17, 15) is 4.79 Å². The van der Waals surface area contributed by atoms with E-state index in [-0.39, 0.29) is 6.03 Å². The van der Waals surface area contributed by atoms with Crippen molar-refractivity contribution in [1.82, 2.24) is 24.6 Å². The molecule has 1 aromatic rings. The highest BCUT2D eigenvalue weighted by Gasteiger charge is 2.55. The maximum atomic E-state index is 12.1. The lowest BCUT2D eigenvalue weighted by Gasteiger charge is -2.59. The molecule has 0 bridgehead atoms. The van der Waals surface area contributed by atoms with Crippen LogP contribution in [0.5, 0.6) is 0 Å². The van der Waals surface area contributed by atoms with Crippen molar-refractivity contribution in [2.45, 2.75) is 44.1 Å². The van der Waals surface area contributed by atoms with Crippen molar-refractivity contribution in [2.75, 3.05) is 26.2 Å². The van der Waals surface area contributed by atoms with Crippen molar-refractivity contribution in [3.05, 3.63) is 12.2 Å². The molecular formula is C15H21N5O. The van der Waals surface area contributed by atoms with Crippen molar-refractivity contribution >= 4 is 6.03 Å². The summed E-state index contributed by atoms with van der Waals surface area (Å²) in [6.45, 7) is 3.80. The van der Waals surface area contributed by atoms with Crippen LogP contribution in [0.25, 0.3) is 0 Å². The molecule has 5 rings (SSSR count). The van der Waals surface area contributed by atoms with E-state index in [1.165, 1.54) is 19.3 Å². The summed E-state index contributed by atoms with van der Waals surface area (Å²) in [4.78, 5) is 20.5. The lowest BCUT2D eigenvalue weighted by atomic mass is 9.61. The van der Waals surface area contributed by atoms with E-state index in [4.69, 9.17) is 0 Å². The third kappa shape index (κ3) is 1.80. The van der Waals surface area contributed by atoms with Gasteiger partial charge in [-0.25, -0.2) is 14.5 Å². The second-order valence-electron chi connectivity index (χ2n) is 7.40. The van der Waals surface area contributed by atoms with Gasteiger partial charge in [-0.3, -0.25) is 0 Å². The van der Waals surface area contributed by atoms with Crippen molar-refractivity contribution in [3.8, 4) is 0 Å². The van der Waals surface area contributed by atoms with E-state index in [1.807, 2.05) is 16.1 Å². The molecule has 1 spiro atoms. The second kappa shape index (κ2) is 3.99. The van der Waals surface area contributed by atoms with E-state index in [1.54, 1.807) is 0 Å². The molecule has 0 atom stereocenters. The Morgan fingerprint density at radius 3 is 2.57 bits per heavy atom. The molecule has 2 amide bonds. The summed E-state index contributed by atoms with van der Waals surface area (Å²) in [5, 5.41) is 4.64. The van der Waals surface area contributed by atoms with Crippen molar-refractivity contribution in [1.29, 1.82) is 0 Å². The number of nitrogens with zero attached hydrogens (tertiary/aromatic N) is 5. The van der Waals surface area contributed by atoms with E-state index in [0.717, 1.165) is 44.8 Å². The standard InChI is InChI=1S/C15H21N5O/c21-14(18-4-1-5-18)19-8-15(9-19)6-12(7-15)20-10-16-13(17-20)11-2-3-11/h10-12H,1-9H2. The monoisotopic (exact) mass is 287 g/mol. The molecule has 2 aliphatic heterocycles. The van der Waals surface area contributed by atoms with Gasteiger partial charge in [0.2, 0.25) is 0 Å². The Morgan fingerprint density at radius 1 is 1.19 bits per heavy atom. The van der Waals surface area contributed by atoms with Crippen LogP contribution in [0.2, 0.25) is 0 Å². The molecule has 112 valence electrons. The first-order valence-electron chi connectivity index (χ1n) is 8.17. The second-order valence-corrected chi connectivity index (χ2v) is 7.40. The third-order valence-electron chi connectivity index (χ3n) is 5.63. The average molecular weight is 287 g/mol. The minimum Gasteiger partial charge on any atom is -0.325 e. The Hall–Kier alpha value is -1.59. The number of carbonyl (C=O) groups excluding carboxylic acids is 1. The predicted octanol–water partition coefficient (Wildman–Crippen LogP) is 1.62. The van der Waals surface area contributed by atoms with Gasteiger partial charge >= 0.3 is 6.03 Å². The van der Waals surface area contributed by atoms with Gasteiger partial charge in [-0.1, -0.05) is 0 Å². The Balaban J connectivity index is 1.16. The molecule has 2 aliphatic carbocycles. The molecule has 21 heavy (non-hydrogen) atoms. The van der Waals surface area contributed by atoms with Crippen LogP contribution in [0, 0.1) is 5.41 Å². The molecular weight excluding hydrogens is 266 g/mol. The Bertz CT molecular complexity index is 575. The smallest absolute Gasteiger partial charge is 0.320 e. The fourth-order valence-electron chi connectivity index (χ4n) is 3.98. The minimum absolute atomic E-state index is 0.257. The molecule has 2 saturated carbocycles. The molecule has 4 aliphatic rings. The van der Waals surface area contributed by atoms with Gasteiger partial charge in [0.15, 0.2) is 5.82 Å². The third-order valence-corrected chi connectivity index (χ3v) is 5.63. The lowest BCUT2D eigenvalue weighted by molar-refractivity contribution is -0.0763. The van der Waals surface area contributed by atoms with Crippen LogP contribution in [0.3, 0.4) is 0 Å². The lowest BCUT2D eigenvalue weighted by Crippen LogP contribution is -2.66. The van der Waals surface area contributed by atoms with Crippen LogP contribution in [0.15, 0.2) is 6.33 Å². The fourth-order valence-corrected chi connectivity index (χ4v) is 3.98. The number of hydrogen-bond donors (Lipinski definition) is 0. The van der Waals surface area contributed by atoms with E-state index in [0.29, 0.717) is 17.4 Å². The Kier molecular flexibility index (Phi) is 2.28. The largest absolute Gasteiger partial charge is 0.325 e. The SMILES string of the molecule is O=C(N1CCC1)N1CC2(CC(n3cnc(C4CC4)n3)C2)C1. The molecule has 4 fully saturated rings. The number of hydrogen-bond acceptors (Lipinski definition) is 3. The van der Waals surface area contributed by atoms with Crippen molar-refractivity contribution in [2.24, 2.45) is 5.41 Å². The van der Waals surface area contributed by atoms with Gasteiger partial charge in [0.1, 0.15) is 6.33 Å². The maximum Gasteiger partial charge on any atom is 0.320 e. The number of carbonyl (C=O) groups is 1. The molecule has 0 radical (unpaired) electrons. The van der Waals surface area contributed by atoms with Crippen LogP contribution in [-0.2, 0) is 0 Å². The first kappa shape index (κ1) is 12.0. The summed E-state index contributed by atoms with van der Waals surface area (Å²) in [5.74, 6) is 1.67. The van der Waals surface area contributed by atoms with Gasteiger partial charge in [0.25, 0.3) is 0 Å². The van der Waals surface area contributed by atoms with Crippen molar-refractivity contribution < 1.29 is 4.79 Å². The highest BCUT2D eigenvalue weighted by atomic mass is 16.2. The summed E-state index contributed by atoms with van der Waals surface area (Å²) in [6, 6.07) is 0.762. The fraction of sp³-hybridized carbons (Fsp3) is 0.800. The topological polar surface area (TPSA) is 54.3 Å². The highest BCUT2D eigenvalue weighted by molar-refractivity contribution is 5.76. The summed E-state index contributed by atoms with van der Waals surface area (Å²) in [6.07, 6.45) is 7.90. The summed E-state index contributed by atoms with van der Waals surface area (Å²) < 4.78 is 2.07. The number of urea groups is 1. The minimum atomic E-state index is 0.257. The Morgan fingerprint density at radius 2 is 1.95 bits per heavy atom. The summed E-state index contributed by atoms with van der Waals surface area (Å²) in [7, 11) is 0. The van der Waals surface area contributed by atoms with Crippen LogP contribution in [-0.4, -0.2) is 56.8 Å². The van der Waals surface area contributed by atoms with Crippen LogP contribution in [0.1, 0.15) is 49.9 Å². The van der Waals surface area contributed by atoms with Crippen LogP contribution in [0.4, 0.5) is 4.79 Å². The summed E-state index contributed by atoms with van der Waals surface area (Å²) >= 11 is 0. The maximum absolute atomic E-state index is 12.1. The van der Waals surface area contributed by atoms with Gasteiger partial charge in [-0.2, -0.15) is 5.10 Å². The van der Waals surface area contributed by atoms with Gasteiger partial charge in [-0.15, -0.1) is 0 Å². The average Bonchev–Trinajstić information content (AvgIpc) is 3.03. The van der Waals surface area contributed by atoms with Crippen LogP contribution >= 0.6 is 0 Å². The normalized spacial score (nSPS) is 27.2. The molecule has 3 heterocycles.